The largest absolute Gasteiger partial charge is 0.310 e. The molecular formula is C20H26N4. The van der Waals surface area contributed by atoms with Crippen molar-refractivity contribution in [2.45, 2.75) is 38.1 Å². The maximum Gasteiger partial charge on any atom is 0.0320 e. The summed E-state index contributed by atoms with van der Waals surface area (Å²) in [7, 11) is 0. The van der Waals surface area contributed by atoms with E-state index in [-0.39, 0.29) is 0 Å². The maximum absolute atomic E-state index is 8.04. The number of nitrogens with one attached hydrogen (secondary N) is 1. The van der Waals surface area contributed by atoms with E-state index in [9.17, 15) is 0 Å². The molecule has 126 valence electrons. The van der Waals surface area contributed by atoms with Gasteiger partial charge in [0.25, 0.3) is 0 Å². The number of unbranched alkanes of at least 4 members (excludes halogenated alkanes) is 1. The molecule has 3 rings (SSSR count). The zero-order chi connectivity index (χ0) is 16.9. The molecule has 24 heavy (non-hydrogen) atoms. The summed E-state index contributed by atoms with van der Waals surface area (Å²) in [6.45, 7) is 1.79. The maximum atomic E-state index is 8.04. The molecule has 0 aromatic heterocycles. The highest BCUT2D eigenvalue weighted by molar-refractivity contribution is 5.19. The van der Waals surface area contributed by atoms with Crippen molar-refractivity contribution in [1.29, 1.82) is 0 Å². The van der Waals surface area contributed by atoms with E-state index in [1.807, 2.05) is 18.2 Å². The van der Waals surface area contributed by atoms with Crippen LogP contribution in [0.25, 0.3) is 10.4 Å². The van der Waals surface area contributed by atoms with Crippen molar-refractivity contribution >= 4 is 0 Å². The highest BCUT2D eigenvalue weighted by Gasteiger charge is 2.14. The minimum Gasteiger partial charge on any atom is -0.310 e. The van der Waals surface area contributed by atoms with Gasteiger partial charge in [0, 0.05) is 17.5 Å². The van der Waals surface area contributed by atoms with Gasteiger partial charge < -0.3 is 5.32 Å². The van der Waals surface area contributed by atoms with Crippen LogP contribution in [0.5, 0.6) is 0 Å². The average molecular weight is 322 g/mol. The number of hydrogen-bond acceptors (Lipinski definition) is 2. The Hall–Kier alpha value is -2.29. The summed E-state index contributed by atoms with van der Waals surface area (Å²) >= 11 is 0. The van der Waals surface area contributed by atoms with E-state index in [1.165, 1.54) is 30.5 Å². The summed E-state index contributed by atoms with van der Waals surface area (Å²) in [5.41, 5.74) is 10.8. The summed E-state index contributed by atoms with van der Waals surface area (Å²) in [6, 6.07) is 21.6. The smallest absolute Gasteiger partial charge is 0.0320 e. The van der Waals surface area contributed by atoms with Gasteiger partial charge in [-0.25, -0.2) is 0 Å². The van der Waals surface area contributed by atoms with Crippen molar-refractivity contribution in [3.05, 3.63) is 82.2 Å². The van der Waals surface area contributed by atoms with Crippen LogP contribution in [-0.2, 0) is 6.42 Å². The molecule has 0 spiro atoms. The van der Waals surface area contributed by atoms with E-state index in [0.29, 0.717) is 12.6 Å². The number of azide groups is 1. The zero-order valence-corrected chi connectivity index (χ0v) is 14.1. The third-order valence-electron chi connectivity index (χ3n) is 4.14. The number of rotatable bonds is 6. The second kappa shape index (κ2) is 11.3. The molecule has 1 N–H and O–H groups in total. The molecular weight excluding hydrogens is 296 g/mol. The minimum atomic E-state index is 0.614. The van der Waals surface area contributed by atoms with Crippen molar-refractivity contribution in [3.8, 4) is 0 Å². The van der Waals surface area contributed by atoms with Crippen molar-refractivity contribution < 1.29 is 0 Å². The summed E-state index contributed by atoms with van der Waals surface area (Å²) in [4.78, 5) is 2.71. The van der Waals surface area contributed by atoms with Crippen LogP contribution in [0.2, 0.25) is 0 Å². The molecule has 0 bridgehead atoms. The van der Waals surface area contributed by atoms with Gasteiger partial charge in [-0.15, -0.1) is 0 Å². The molecule has 0 radical (unpaired) electrons. The molecule has 0 amide bonds. The fourth-order valence-corrected chi connectivity index (χ4v) is 2.86. The first kappa shape index (κ1) is 18.1. The Balaban J connectivity index is 0.000000175. The fourth-order valence-electron chi connectivity index (χ4n) is 2.86. The van der Waals surface area contributed by atoms with Crippen LogP contribution < -0.4 is 5.32 Å². The Labute approximate surface area is 144 Å². The van der Waals surface area contributed by atoms with Crippen molar-refractivity contribution in [1.82, 2.24) is 5.32 Å². The molecule has 2 aromatic carbocycles. The van der Waals surface area contributed by atoms with Crippen molar-refractivity contribution in [2.24, 2.45) is 5.11 Å². The quantitative estimate of drug-likeness (QED) is 0.328. The van der Waals surface area contributed by atoms with Gasteiger partial charge in [0.2, 0.25) is 0 Å². The third kappa shape index (κ3) is 6.86. The van der Waals surface area contributed by atoms with Crippen LogP contribution in [0.15, 0.2) is 65.8 Å². The first-order valence-electron chi connectivity index (χ1n) is 8.73. The normalized spacial score (nSPS) is 15.9. The first-order chi connectivity index (χ1) is 11.9. The summed E-state index contributed by atoms with van der Waals surface area (Å²) < 4.78 is 0. The molecule has 1 saturated heterocycles. The Kier molecular flexibility index (Phi) is 8.48. The summed E-state index contributed by atoms with van der Waals surface area (Å²) in [5, 5.41) is 6.96. The van der Waals surface area contributed by atoms with E-state index in [0.717, 1.165) is 19.3 Å². The molecule has 2 aromatic rings. The summed E-state index contributed by atoms with van der Waals surface area (Å²) in [6.07, 6.45) is 5.74. The van der Waals surface area contributed by atoms with Crippen LogP contribution in [0.4, 0.5) is 0 Å². The lowest BCUT2D eigenvalue weighted by atomic mass is 10.1. The van der Waals surface area contributed by atoms with Crippen molar-refractivity contribution in [2.75, 3.05) is 13.1 Å². The zero-order valence-electron chi connectivity index (χ0n) is 14.1. The molecule has 1 aliphatic heterocycles. The lowest BCUT2D eigenvalue weighted by molar-refractivity contribution is 0.648. The second-order valence-corrected chi connectivity index (χ2v) is 5.96. The van der Waals surface area contributed by atoms with Gasteiger partial charge in [0.05, 0.1) is 0 Å². The first-order valence-corrected chi connectivity index (χ1v) is 8.73. The molecule has 0 saturated carbocycles. The second-order valence-electron chi connectivity index (χ2n) is 5.96. The fraction of sp³-hybridized carbons (Fsp3) is 0.400. The van der Waals surface area contributed by atoms with E-state index in [2.05, 4.69) is 57.8 Å². The van der Waals surface area contributed by atoms with Gasteiger partial charge in [-0.3, -0.25) is 0 Å². The highest BCUT2D eigenvalue weighted by Crippen LogP contribution is 2.21. The van der Waals surface area contributed by atoms with Crippen LogP contribution >= 0.6 is 0 Å². The van der Waals surface area contributed by atoms with E-state index >= 15 is 0 Å². The third-order valence-corrected chi connectivity index (χ3v) is 4.14. The Morgan fingerprint density at radius 2 is 1.71 bits per heavy atom. The van der Waals surface area contributed by atoms with Crippen LogP contribution in [-0.4, -0.2) is 13.1 Å². The predicted molar refractivity (Wildman–Crippen MR) is 99.8 cm³/mol. The Bertz CT molecular complexity index is 600. The number of benzene rings is 2. The number of hydrogen-bond donors (Lipinski definition) is 1. The molecule has 1 aliphatic rings. The molecule has 1 fully saturated rings. The molecule has 1 atom stereocenters. The lowest BCUT2D eigenvalue weighted by Crippen LogP contribution is -2.12. The monoisotopic (exact) mass is 322 g/mol. The highest BCUT2D eigenvalue weighted by atomic mass is 15.1. The van der Waals surface area contributed by atoms with Crippen LogP contribution in [0.1, 0.15) is 42.9 Å². The van der Waals surface area contributed by atoms with Gasteiger partial charge >= 0.3 is 0 Å². The summed E-state index contributed by atoms with van der Waals surface area (Å²) in [5.74, 6) is 0. The predicted octanol–water partition coefficient (Wildman–Crippen LogP) is 5.43. The minimum absolute atomic E-state index is 0.614. The van der Waals surface area contributed by atoms with Crippen LogP contribution in [0.3, 0.4) is 0 Å². The van der Waals surface area contributed by atoms with Gasteiger partial charge in [0.15, 0.2) is 0 Å². The Morgan fingerprint density at radius 1 is 1.00 bits per heavy atom. The number of aryl methyl sites for hydroxylation is 1. The standard InChI is InChI=1S/C10H13N3.C10H13N/c11-13-12-9-5-4-8-10-6-2-1-3-7-10;1-2-5-9(6-3-1)10-7-4-8-11-10/h1-3,6-7H,4-5,8-9H2;1-3,5-6,10-11H,4,7-8H2. The number of nitrogens with zero attached hydrogens (tertiary/aromatic N) is 3. The molecule has 4 heteroatoms. The SMILES string of the molecule is [N-]=[N+]=NCCCCc1ccccc1.c1ccc(C2CCCN2)cc1. The molecule has 4 nitrogen and oxygen atoms in total. The van der Waals surface area contributed by atoms with E-state index in [1.54, 1.807) is 0 Å². The van der Waals surface area contributed by atoms with Gasteiger partial charge in [-0.05, 0) is 55.3 Å². The van der Waals surface area contributed by atoms with Crippen molar-refractivity contribution in [3.63, 3.8) is 0 Å². The van der Waals surface area contributed by atoms with E-state index < -0.39 is 0 Å². The molecule has 1 heterocycles. The van der Waals surface area contributed by atoms with Gasteiger partial charge in [0.1, 0.15) is 0 Å². The van der Waals surface area contributed by atoms with Gasteiger partial charge in [-0.1, -0.05) is 65.8 Å². The van der Waals surface area contributed by atoms with E-state index in [4.69, 9.17) is 5.53 Å². The molecule has 0 aliphatic carbocycles. The topological polar surface area (TPSA) is 60.8 Å². The van der Waals surface area contributed by atoms with Gasteiger partial charge in [-0.2, -0.15) is 0 Å². The molecule has 1 unspecified atom stereocenters. The lowest BCUT2D eigenvalue weighted by Gasteiger charge is -2.08. The average Bonchev–Trinajstić information content (AvgIpc) is 3.19. The van der Waals surface area contributed by atoms with Crippen LogP contribution in [0, 0.1) is 0 Å². The Morgan fingerprint density at radius 3 is 2.33 bits per heavy atom.